The first kappa shape index (κ1) is 17.9. The maximum Gasteiger partial charge on any atom is 0.157 e. The van der Waals surface area contributed by atoms with Gasteiger partial charge in [0.25, 0.3) is 0 Å². The van der Waals surface area contributed by atoms with E-state index in [4.69, 9.17) is 10.5 Å². The third kappa shape index (κ3) is 3.37. The van der Waals surface area contributed by atoms with Gasteiger partial charge >= 0.3 is 0 Å². The number of hydrogen-bond donors (Lipinski definition) is 2. The van der Waals surface area contributed by atoms with E-state index in [-0.39, 0.29) is 0 Å². The largest absolute Gasteiger partial charge is 0.496 e. The number of nitrogen functional groups attached to an aromatic ring is 1. The zero-order valence-electron chi connectivity index (χ0n) is 15.0. The van der Waals surface area contributed by atoms with Crippen LogP contribution in [0.25, 0.3) is 21.3 Å². The Balaban J connectivity index is 1.56. The summed E-state index contributed by atoms with van der Waals surface area (Å²) in [6, 6.07) is 11.7. The lowest BCUT2D eigenvalue weighted by Gasteiger charge is -2.09. The van der Waals surface area contributed by atoms with E-state index in [2.05, 4.69) is 26.3 Å². The first-order valence-electron chi connectivity index (χ1n) is 8.51. The molecule has 28 heavy (non-hydrogen) atoms. The zero-order chi connectivity index (χ0) is 19.5. The lowest BCUT2D eigenvalue weighted by Crippen LogP contribution is -2.04. The fourth-order valence-corrected chi connectivity index (χ4v) is 3.86. The summed E-state index contributed by atoms with van der Waals surface area (Å²) < 4.78 is 5.21. The minimum Gasteiger partial charge on any atom is -0.496 e. The lowest BCUT2D eigenvalue weighted by molar-refractivity contribution is 0.112. The highest BCUT2D eigenvalue weighted by atomic mass is 32.1. The number of aldehydes is 1. The molecule has 0 radical (unpaired) electrons. The maximum atomic E-state index is 11.4. The van der Waals surface area contributed by atoms with E-state index in [0.717, 1.165) is 32.5 Å². The number of nitrogens with zero attached hydrogens (tertiary/aromatic N) is 3. The molecular weight excluding hydrogens is 374 g/mol. The highest BCUT2D eigenvalue weighted by Gasteiger charge is 2.11. The number of carbonyl (C=O) groups excluding carboxylic acids is 1. The number of ether oxygens (including phenoxy) is 1. The molecule has 3 heterocycles. The molecule has 0 unspecified atom stereocenters. The average Bonchev–Trinajstić information content (AvgIpc) is 3.21. The number of benzene rings is 1. The van der Waals surface area contributed by atoms with Gasteiger partial charge in [0.05, 0.1) is 24.7 Å². The molecule has 0 atom stereocenters. The molecule has 0 saturated carbocycles. The van der Waals surface area contributed by atoms with Crippen LogP contribution in [0.3, 0.4) is 0 Å². The number of hydrogen-bond acceptors (Lipinski definition) is 8. The number of thiophene rings is 1. The number of carbonyl (C=O) groups is 1. The summed E-state index contributed by atoms with van der Waals surface area (Å²) in [5.41, 5.74) is 8.25. The van der Waals surface area contributed by atoms with E-state index >= 15 is 0 Å². The van der Waals surface area contributed by atoms with Gasteiger partial charge in [0, 0.05) is 21.3 Å². The molecule has 0 aliphatic rings. The number of methoxy groups -OCH3 is 1. The first-order valence-corrected chi connectivity index (χ1v) is 9.32. The van der Waals surface area contributed by atoms with Crippen molar-refractivity contribution in [2.75, 3.05) is 18.2 Å². The van der Waals surface area contributed by atoms with Crippen LogP contribution in [0, 0.1) is 0 Å². The third-order valence-electron chi connectivity index (χ3n) is 4.33. The Morgan fingerprint density at radius 1 is 1.18 bits per heavy atom. The topological polar surface area (TPSA) is 103 Å². The summed E-state index contributed by atoms with van der Waals surface area (Å²) >= 11 is 1.65. The van der Waals surface area contributed by atoms with E-state index in [1.807, 2.05) is 24.3 Å². The van der Waals surface area contributed by atoms with E-state index in [9.17, 15) is 4.79 Å². The van der Waals surface area contributed by atoms with Crippen molar-refractivity contribution in [3.05, 3.63) is 59.4 Å². The Bertz CT molecular complexity index is 1160. The molecule has 4 aromatic rings. The Hall–Kier alpha value is -3.52. The molecule has 0 aliphatic heterocycles. The SMILES string of the molecule is COc1ccnc(NCc2ccc(-c3ccc4ncnc(N)c4c3)s2)c1C=O. The fraction of sp³-hybridized carbons (Fsp3) is 0.100. The second-order valence-electron chi connectivity index (χ2n) is 6.00. The van der Waals surface area contributed by atoms with Gasteiger partial charge in [-0.2, -0.15) is 0 Å². The summed E-state index contributed by atoms with van der Waals surface area (Å²) in [7, 11) is 1.53. The van der Waals surface area contributed by atoms with Crippen LogP contribution < -0.4 is 15.8 Å². The summed E-state index contributed by atoms with van der Waals surface area (Å²) in [5.74, 6) is 1.46. The molecule has 0 amide bonds. The standard InChI is InChI=1S/C20H17N5O2S/c1-27-17-6-7-22-20(15(17)10-26)23-9-13-3-5-18(28-13)12-2-4-16-14(8-12)19(21)25-11-24-16/h2-8,10-11H,9H2,1H3,(H,22,23)(H2,21,24,25). The van der Waals surface area contributed by atoms with Gasteiger partial charge in [-0.3, -0.25) is 4.79 Å². The Morgan fingerprint density at radius 3 is 2.89 bits per heavy atom. The third-order valence-corrected chi connectivity index (χ3v) is 5.46. The van der Waals surface area contributed by atoms with Crippen LogP contribution >= 0.6 is 11.3 Å². The fourth-order valence-electron chi connectivity index (χ4n) is 2.92. The van der Waals surface area contributed by atoms with E-state index in [0.29, 0.717) is 29.5 Å². The summed E-state index contributed by atoms with van der Waals surface area (Å²) in [6.45, 7) is 0.546. The van der Waals surface area contributed by atoms with E-state index in [1.165, 1.54) is 13.4 Å². The van der Waals surface area contributed by atoms with Crippen LogP contribution in [0.5, 0.6) is 5.75 Å². The Labute approximate surface area is 165 Å². The number of nitrogens with one attached hydrogen (secondary N) is 1. The molecule has 140 valence electrons. The summed E-state index contributed by atoms with van der Waals surface area (Å²) in [4.78, 5) is 26.1. The van der Waals surface area contributed by atoms with Crippen molar-refractivity contribution in [3.63, 3.8) is 0 Å². The van der Waals surface area contributed by atoms with Gasteiger partial charge in [-0.25, -0.2) is 15.0 Å². The van der Waals surface area contributed by atoms with Crippen LogP contribution in [-0.4, -0.2) is 28.3 Å². The number of pyridine rings is 1. The number of aromatic nitrogens is 3. The lowest BCUT2D eigenvalue weighted by atomic mass is 10.1. The highest BCUT2D eigenvalue weighted by molar-refractivity contribution is 7.15. The van der Waals surface area contributed by atoms with Crippen LogP contribution in [0.2, 0.25) is 0 Å². The predicted molar refractivity (Wildman–Crippen MR) is 111 cm³/mol. The van der Waals surface area contributed by atoms with Crippen molar-refractivity contribution in [1.29, 1.82) is 0 Å². The molecule has 4 rings (SSSR count). The van der Waals surface area contributed by atoms with Gasteiger partial charge in [-0.05, 0) is 35.9 Å². The maximum absolute atomic E-state index is 11.4. The molecule has 3 aromatic heterocycles. The zero-order valence-corrected chi connectivity index (χ0v) is 15.9. The minimum atomic E-state index is 0.409. The van der Waals surface area contributed by atoms with Crippen LogP contribution in [0.15, 0.2) is 48.9 Å². The molecule has 7 nitrogen and oxygen atoms in total. The highest BCUT2D eigenvalue weighted by Crippen LogP contribution is 2.32. The second-order valence-corrected chi connectivity index (χ2v) is 7.17. The number of nitrogens with two attached hydrogens (primary N) is 1. The van der Waals surface area contributed by atoms with Gasteiger partial charge in [-0.1, -0.05) is 6.07 Å². The first-order chi connectivity index (χ1) is 13.7. The molecule has 3 N–H and O–H groups in total. The smallest absolute Gasteiger partial charge is 0.157 e. The van der Waals surface area contributed by atoms with Gasteiger partial charge in [0.2, 0.25) is 0 Å². The Kier molecular flexibility index (Phi) is 4.86. The molecule has 0 spiro atoms. The quantitative estimate of drug-likeness (QED) is 0.482. The molecule has 1 aromatic carbocycles. The monoisotopic (exact) mass is 391 g/mol. The molecule has 8 heteroatoms. The van der Waals surface area contributed by atoms with Gasteiger partial charge < -0.3 is 15.8 Å². The Morgan fingerprint density at radius 2 is 2.07 bits per heavy atom. The number of anilines is 2. The molecule has 0 bridgehead atoms. The average molecular weight is 391 g/mol. The summed E-state index contributed by atoms with van der Waals surface area (Å²) in [6.07, 6.45) is 3.82. The molecule has 0 saturated heterocycles. The van der Waals surface area contributed by atoms with Crippen LogP contribution in [-0.2, 0) is 6.54 Å². The minimum absolute atomic E-state index is 0.409. The van der Waals surface area contributed by atoms with Crippen molar-refractivity contribution >= 4 is 40.2 Å². The molecule has 0 fully saturated rings. The molecular formula is C20H17N5O2S. The van der Waals surface area contributed by atoms with Crippen LogP contribution in [0.1, 0.15) is 15.2 Å². The summed E-state index contributed by atoms with van der Waals surface area (Å²) in [5, 5.41) is 4.04. The van der Waals surface area contributed by atoms with Crippen molar-refractivity contribution in [2.45, 2.75) is 6.54 Å². The predicted octanol–water partition coefficient (Wildman–Crippen LogP) is 3.77. The van der Waals surface area contributed by atoms with E-state index in [1.54, 1.807) is 23.6 Å². The van der Waals surface area contributed by atoms with Gasteiger partial charge in [0.15, 0.2) is 6.29 Å². The second kappa shape index (κ2) is 7.61. The van der Waals surface area contributed by atoms with Gasteiger partial charge in [0.1, 0.15) is 23.7 Å². The van der Waals surface area contributed by atoms with Crippen molar-refractivity contribution in [2.24, 2.45) is 0 Å². The van der Waals surface area contributed by atoms with Crippen LogP contribution in [0.4, 0.5) is 11.6 Å². The molecule has 0 aliphatic carbocycles. The van der Waals surface area contributed by atoms with Crippen molar-refractivity contribution in [3.8, 4) is 16.2 Å². The normalized spacial score (nSPS) is 10.8. The van der Waals surface area contributed by atoms with Crippen molar-refractivity contribution in [1.82, 2.24) is 15.0 Å². The van der Waals surface area contributed by atoms with Crippen molar-refractivity contribution < 1.29 is 9.53 Å². The number of fused-ring (bicyclic) bond motifs is 1. The van der Waals surface area contributed by atoms with Gasteiger partial charge in [-0.15, -0.1) is 11.3 Å². The van der Waals surface area contributed by atoms with E-state index < -0.39 is 0 Å². The number of rotatable bonds is 6.